The number of halogens is 1. The van der Waals surface area contributed by atoms with Crippen molar-refractivity contribution < 1.29 is 13.9 Å². The Balaban J connectivity index is 1.83. The molecule has 0 amide bonds. The van der Waals surface area contributed by atoms with Gasteiger partial charge in [0.15, 0.2) is 0 Å². The zero-order valence-corrected chi connectivity index (χ0v) is 13.1. The van der Waals surface area contributed by atoms with Gasteiger partial charge < -0.3 is 9.15 Å². The molecular formula is C18H13ClO4. The van der Waals surface area contributed by atoms with E-state index in [4.69, 9.17) is 20.8 Å². The number of aryl methyl sites for hydroxylation is 1. The van der Waals surface area contributed by atoms with Crippen LogP contribution in [0.1, 0.15) is 11.1 Å². The molecule has 0 aliphatic carbocycles. The molecule has 1 heterocycles. The van der Waals surface area contributed by atoms with Crippen LogP contribution in [0.2, 0.25) is 5.02 Å². The van der Waals surface area contributed by atoms with E-state index >= 15 is 0 Å². The summed E-state index contributed by atoms with van der Waals surface area (Å²) >= 11 is 6.03. The molecule has 2 aromatic carbocycles. The molecule has 5 heteroatoms. The summed E-state index contributed by atoms with van der Waals surface area (Å²) in [6.07, 6.45) is 0.0650. The Morgan fingerprint density at radius 2 is 1.96 bits per heavy atom. The molecular weight excluding hydrogens is 316 g/mol. The van der Waals surface area contributed by atoms with Gasteiger partial charge >= 0.3 is 11.6 Å². The van der Waals surface area contributed by atoms with E-state index in [1.54, 1.807) is 30.3 Å². The molecule has 3 rings (SSSR count). The largest absolute Gasteiger partial charge is 0.426 e. The topological polar surface area (TPSA) is 56.5 Å². The quantitative estimate of drug-likeness (QED) is 0.415. The van der Waals surface area contributed by atoms with Gasteiger partial charge in [0.05, 0.1) is 6.42 Å². The lowest BCUT2D eigenvalue weighted by molar-refractivity contribution is -0.133. The van der Waals surface area contributed by atoms with E-state index in [2.05, 4.69) is 0 Å². The SMILES string of the molecule is Cc1cc(=O)oc2cc(OC(=O)Cc3ccccc3Cl)ccc12. The van der Waals surface area contributed by atoms with Gasteiger partial charge in [-0.15, -0.1) is 0 Å². The van der Waals surface area contributed by atoms with E-state index in [0.29, 0.717) is 21.9 Å². The van der Waals surface area contributed by atoms with Gasteiger partial charge in [0.1, 0.15) is 11.3 Å². The van der Waals surface area contributed by atoms with Gasteiger partial charge in [-0.3, -0.25) is 4.79 Å². The minimum atomic E-state index is -0.438. The van der Waals surface area contributed by atoms with Gasteiger partial charge in [-0.05, 0) is 36.2 Å². The lowest BCUT2D eigenvalue weighted by Gasteiger charge is -2.07. The highest BCUT2D eigenvalue weighted by Crippen LogP contribution is 2.23. The maximum Gasteiger partial charge on any atom is 0.336 e. The van der Waals surface area contributed by atoms with Crippen molar-refractivity contribution in [2.75, 3.05) is 0 Å². The molecule has 3 aromatic rings. The molecule has 0 aliphatic rings. The van der Waals surface area contributed by atoms with Gasteiger partial charge in [-0.2, -0.15) is 0 Å². The van der Waals surface area contributed by atoms with Crippen LogP contribution in [-0.2, 0) is 11.2 Å². The molecule has 1 aromatic heterocycles. The summed E-state index contributed by atoms with van der Waals surface area (Å²) in [5.41, 5.74) is 1.46. The van der Waals surface area contributed by atoms with E-state index in [-0.39, 0.29) is 6.42 Å². The van der Waals surface area contributed by atoms with Crippen LogP contribution in [0.15, 0.2) is 57.7 Å². The van der Waals surface area contributed by atoms with E-state index in [1.165, 1.54) is 12.1 Å². The van der Waals surface area contributed by atoms with Crippen LogP contribution >= 0.6 is 11.6 Å². The molecule has 23 heavy (non-hydrogen) atoms. The average molecular weight is 329 g/mol. The van der Waals surface area contributed by atoms with Crippen molar-refractivity contribution in [2.24, 2.45) is 0 Å². The van der Waals surface area contributed by atoms with Crippen molar-refractivity contribution >= 4 is 28.5 Å². The summed E-state index contributed by atoms with van der Waals surface area (Å²) in [6.45, 7) is 1.82. The molecule has 0 atom stereocenters. The molecule has 4 nitrogen and oxygen atoms in total. The van der Waals surface area contributed by atoms with Crippen LogP contribution in [-0.4, -0.2) is 5.97 Å². The van der Waals surface area contributed by atoms with Gasteiger partial charge in [0.25, 0.3) is 0 Å². The van der Waals surface area contributed by atoms with Crippen LogP contribution in [0.25, 0.3) is 11.0 Å². The number of hydrogen-bond acceptors (Lipinski definition) is 4. The van der Waals surface area contributed by atoms with Crippen molar-refractivity contribution in [1.82, 2.24) is 0 Å². The third kappa shape index (κ3) is 3.43. The van der Waals surface area contributed by atoms with Gasteiger partial charge in [-0.1, -0.05) is 29.8 Å². The zero-order valence-electron chi connectivity index (χ0n) is 12.3. The fraction of sp³-hybridized carbons (Fsp3) is 0.111. The predicted molar refractivity (Wildman–Crippen MR) is 88.0 cm³/mol. The molecule has 0 fully saturated rings. The third-order valence-electron chi connectivity index (χ3n) is 3.45. The summed E-state index contributed by atoms with van der Waals surface area (Å²) in [5.74, 6) is -0.115. The number of hydrogen-bond donors (Lipinski definition) is 0. The predicted octanol–water partition coefficient (Wildman–Crippen LogP) is 3.90. The van der Waals surface area contributed by atoms with Crippen molar-refractivity contribution in [3.63, 3.8) is 0 Å². The van der Waals surface area contributed by atoms with Crippen LogP contribution in [0, 0.1) is 6.92 Å². The van der Waals surface area contributed by atoms with E-state index < -0.39 is 11.6 Å². The number of carbonyl (C=O) groups excluding carboxylic acids is 1. The standard InChI is InChI=1S/C18H13ClO4/c1-11-8-17(20)23-16-10-13(6-7-14(11)16)22-18(21)9-12-4-2-3-5-15(12)19/h2-8,10H,9H2,1H3. The summed E-state index contributed by atoms with van der Waals surface area (Å²) in [6, 6.07) is 13.5. The first-order chi connectivity index (χ1) is 11.0. The summed E-state index contributed by atoms with van der Waals surface area (Å²) in [4.78, 5) is 23.5. The molecule has 0 bridgehead atoms. The first-order valence-corrected chi connectivity index (χ1v) is 7.39. The monoisotopic (exact) mass is 328 g/mol. The molecule has 116 valence electrons. The molecule has 0 radical (unpaired) electrons. The number of ether oxygens (including phenoxy) is 1. The second kappa shape index (κ2) is 6.26. The first-order valence-electron chi connectivity index (χ1n) is 7.01. The third-order valence-corrected chi connectivity index (χ3v) is 3.82. The summed E-state index contributed by atoms with van der Waals surface area (Å²) in [5, 5.41) is 1.32. The van der Waals surface area contributed by atoms with Crippen LogP contribution in [0.5, 0.6) is 5.75 Å². The van der Waals surface area contributed by atoms with Crippen molar-refractivity contribution in [1.29, 1.82) is 0 Å². The lowest BCUT2D eigenvalue weighted by Crippen LogP contribution is -2.11. The maximum atomic E-state index is 12.0. The fourth-order valence-electron chi connectivity index (χ4n) is 2.33. The van der Waals surface area contributed by atoms with Crippen molar-refractivity contribution in [3.05, 3.63) is 75.1 Å². The second-order valence-corrected chi connectivity index (χ2v) is 5.56. The van der Waals surface area contributed by atoms with E-state index in [1.807, 2.05) is 13.0 Å². The minimum Gasteiger partial charge on any atom is -0.426 e. The zero-order chi connectivity index (χ0) is 16.4. The number of esters is 1. The molecule has 0 N–H and O–H groups in total. The first kappa shape index (κ1) is 15.3. The summed E-state index contributed by atoms with van der Waals surface area (Å²) in [7, 11) is 0. The number of rotatable bonds is 3. The average Bonchev–Trinajstić information content (AvgIpc) is 2.49. The van der Waals surface area contributed by atoms with Crippen molar-refractivity contribution in [2.45, 2.75) is 13.3 Å². The molecule has 0 saturated heterocycles. The Hall–Kier alpha value is -2.59. The van der Waals surface area contributed by atoms with Crippen molar-refractivity contribution in [3.8, 4) is 5.75 Å². The van der Waals surface area contributed by atoms with Gasteiger partial charge in [-0.25, -0.2) is 4.79 Å². The smallest absolute Gasteiger partial charge is 0.336 e. The fourth-order valence-corrected chi connectivity index (χ4v) is 2.54. The molecule has 0 aliphatic heterocycles. The van der Waals surface area contributed by atoms with Gasteiger partial charge in [0.2, 0.25) is 0 Å². The number of carbonyl (C=O) groups is 1. The second-order valence-electron chi connectivity index (χ2n) is 5.15. The Bertz CT molecular complexity index is 943. The highest BCUT2D eigenvalue weighted by atomic mass is 35.5. The highest BCUT2D eigenvalue weighted by molar-refractivity contribution is 6.31. The summed E-state index contributed by atoms with van der Waals surface area (Å²) < 4.78 is 10.4. The molecule has 0 saturated carbocycles. The molecule has 0 spiro atoms. The Labute approximate surface area is 137 Å². The number of benzene rings is 2. The van der Waals surface area contributed by atoms with Crippen LogP contribution in [0.4, 0.5) is 0 Å². The highest BCUT2D eigenvalue weighted by Gasteiger charge is 2.10. The van der Waals surface area contributed by atoms with E-state index in [0.717, 1.165) is 10.9 Å². The normalized spacial score (nSPS) is 10.7. The maximum absolute atomic E-state index is 12.0. The Morgan fingerprint density at radius 1 is 1.17 bits per heavy atom. The van der Waals surface area contributed by atoms with Gasteiger partial charge in [0, 0.05) is 22.5 Å². The Morgan fingerprint density at radius 3 is 2.74 bits per heavy atom. The molecule has 0 unspecified atom stereocenters. The minimum absolute atomic E-state index is 0.0650. The number of fused-ring (bicyclic) bond motifs is 1. The van der Waals surface area contributed by atoms with E-state index in [9.17, 15) is 9.59 Å². The Kier molecular flexibility index (Phi) is 4.17. The van der Waals surface area contributed by atoms with Crippen LogP contribution < -0.4 is 10.4 Å². The lowest BCUT2D eigenvalue weighted by atomic mass is 10.1. The van der Waals surface area contributed by atoms with Crippen LogP contribution in [0.3, 0.4) is 0 Å².